The van der Waals surface area contributed by atoms with Gasteiger partial charge in [0.25, 0.3) is 0 Å². The van der Waals surface area contributed by atoms with Crippen LogP contribution in [0.5, 0.6) is 5.75 Å². The van der Waals surface area contributed by atoms with E-state index < -0.39 is 0 Å². The molecular weight excluding hydrogens is 304 g/mol. The fraction of sp³-hybridized carbons (Fsp3) is 0.200. The largest absolute Gasteiger partial charge is 0.496 e. The lowest BCUT2D eigenvalue weighted by molar-refractivity contribution is 0.411. The maximum atomic E-state index is 7.51. The van der Waals surface area contributed by atoms with Gasteiger partial charge in [-0.2, -0.15) is 4.99 Å². The van der Waals surface area contributed by atoms with Gasteiger partial charge in [0, 0.05) is 15.8 Å². The minimum Gasteiger partial charge on any atom is -0.496 e. The summed E-state index contributed by atoms with van der Waals surface area (Å²) in [6.45, 7) is 0. The van der Waals surface area contributed by atoms with Crippen LogP contribution in [0.25, 0.3) is 0 Å². The lowest BCUT2D eigenvalue weighted by atomic mass is 10.2. The van der Waals surface area contributed by atoms with Gasteiger partial charge >= 0.3 is 0 Å². The van der Waals surface area contributed by atoms with Crippen LogP contribution >= 0.6 is 27.7 Å². The van der Waals surface area contributed by atoms with E-state index in [2.05, 4.69) is 20.9 Å². The number of benzene rings is 1. The first kappa shape index (κ1) is 13.9. The Morgan fingerprint density at radius 1 is 1.53 bits per heavy atom. The molecule has 17 heavy (non-hydrogen) atoms. The second kappa shape index (κ2) is 6.51. The Morgan fingerprint density at radius 3 is 2.82 bits per heavy atom. The van der Waals surface area contributed by atoms with Crippen molar-refractivity contribution in [3.8, 4) is 5.75 Å². The maximum Gasteiger partial charge on any atom is 0.193 e. The monoisotopic (exact) mass is 316 g/mol. The molecule has 0 spiro atoms. The number of aliphatic imine (C=N–C) groups is 1. The molecule has 0 bridgehead atoms. The Morgan fingerprint density at radius 2 is 2.24 bits per heavy atom. The van der Waals surface area contributed by atoms with Crippen molar-refractivity contribution in [2.75, 3.05) is 7.11 Å². The van der Waals surface area contributed by atoms with Gasteiger partial charge in [-0.3, -0.25) is 5.41 Å². The van der Waals surface area contributed by atoms with Gasteiger partial charge in [0.2, 0.25) is 0 Å². The third-order valence-corrected chi connectivity index (χ3v) is 3.15. The number of hydrogen-bond acceptors (Lipinski definition) is 3. The number of halogens is 1. The molecule has 1 rings (SSSR count). The van der Waals surface area contributed by atoms with Crippen LogP contribution in [0.2, 0.25) is 0 Å². The molecule has 7 heteroatoms. The predicted molar refractivity (Wildman–Crippen MR) is 75.5 cm³/mol. The fourth-order valence-corrected chi connectivity index (χ4v) is 2.25. The smallest absolute Gasteiger partial charge is 0.193 e. The molecule has 0 aromatic heterocycles. The van der Waals surface area contributed by atoms with Crippen molar-refractivity contribution in [1.29, 1.82) is 5.41 Å². The Hall–Kier alpha value is -1.21. The van der Waals surface area contributed by atoms with Crippen molar-refractivity contribution in [1.82, 2.24) is 0 Å². The zero-order valence-electron chi connectivity index (χ0n) is 9.24. The van der Waals surface area contributed by atoms with Crippen molar-refractivity contribution >= 4 is 38.8 Å². The van der Waals surface area contributed by atoms with E-state index in [4.69, 9.17) is 21.6 Å². The number of methoxy groups -OCH3 is 1. The summed E-state index contributed by atoms with van der Waals surface area (Å²) >= 11 is 4.62. The molecule has 1 aromatic carbocycles. The van der Waals surface area contributed by atoms with E-state index in [1.165, 1.54) is 11.8 Å². The van der Waals surface area contributed by atoms with E-state index >= 15 is 0 Å². The van der Waals surface area contributed by atoms with Crippen molar-refractivity contribution in [2.45, 2.75) is 5.75 Å². The normalized spacial score (nSPS) is 9.76. The van der Waals surface area contributed by atoms with E-state index in [9.17, 15) is 0 Å². The van der Waals surface area contributed by atoms with Crippen LogP contribution in [-0.4, -0.2) is 18.2 Å². The molecule has 5 nitrogen and oxygen atoms in total. The molecular formula is C10H13BrN4OS. The second-order valence-electron chi connectivity index (χ2n) is 3.09. The van der Waals surface area contributed by atoms with E-state index in [0.29, 0.717) is 5.75 Å². The summed E-state index contributed by atoms with van der Waals surface area (Å²) in [5, 5.41) is 7.59. The van der Waals surface area contributed by atoms with Gasteiger partial charge < -0.3 is 16.2 Å². The molecule has 92 valence electrons. The summed E-state index contributed by atoms with van der Waals surface area (Å²) in [4.78, 5) is 3.64. The summed E-state index contributed by atoms with van der Waals surface area (Å²) in [7, 11) is 1.61. The Bertz CT molecular complexity index is 446. The fourth-order valence-electron chi connectivity index (χ4n) is 1.16. The lowest BCUT2D eigenvalue weighted by Gasteiger charge is -2.08. The molecule has 5 N–H and O–H groups in total. The van der Waals surface area contributed by atoms with Crippen LogP contribution in [0.15, 0.2) is 27.7 Å². The van der Waals surface area contributed by atoms with Gasteiger partial charge in [-0.1, -0.05) is 27.7 Å². The summed E-state index contributed by atoms with van der Waals surface area (Å²) in [6, 6.07) is 5.70. The lowest BCUT2D eigenvalue weighted by Crippen LogP contribution is -2.23. The van der Waals surface area contributed by atoms with Crippen LogP contribution in [0, 0.1) is 5.41 Å². The van der Waals surface area contributed by atoms with E-state index in [-0.39, 0.29) is 11.1 Å². The van der Waals surface area contributed by atoms with Crippen molar-refractivity contribution in [3.05, 3.63) is 28.2 Å². The Kier molecular flexibility index (Phi) is 5.30. The van der Waals surface area contributed by atoms with Crippen molar-refractivity contribution < 1.29 is 4.74 Å². The van der Waals surface area contributed by atoms with E-state index in [1.807, 2.05) is 18.2 Å². The number of hydrogen-bond donors (Lipinski definition) is 3. The molecule has 0 aliphatic carbocycles. The van der Waals surface area contributed by atoms with Crippen LogP contribution < -0.4 is 16.2 Å². The van der Waals surface area contributed by atoms with E-state index in [1.54, 1.807) is 7.11 Å². The first-order valence-corrected chi connectivity index (χ1v) is 6.44. The average Bonchev–Trinajstić information content (AvgIpc) is 2.25. The molecule has 0 unspecified atom stereocenters. The summed E-state index contributed by atoms with van der Waals surface area (Å²) in [5.41, 5.74) is 11.3. The van der Waals surface area contributed by atoms with Gasteiger partial charge in [0.15, 0.2) is 11.1 Å². The number of nitrogens with zero attached hydrogens (tertiary/aromatic N) is 1. The maximum absolute atomic E-state index is 7.51. The predicted octanol–water partition coefficient (Wildman–Crippen LogP) is 1.90. The van der Waals surface area contributed by atoms with Gasteiger partial charge in [0.1, 0.15) is 5.75 Å². The van der Waals surface area contributed by atoms with Crippen LogP contribution in [0.4, 0.5) is 0 Å². The van der Waals surface area contributed by atoms with Crippen molar-refractivity contribution in [3.63, 3.8) is 0 Å². The standard InChI is InChI=1S/C10H13BrN4OS/c1-16-8-3-2-7(11)4-6(8)5-17-10(14)15-9(12)13/h2-4H,5H2,1H3,(H5,12,13,14,15). The molecule has 0 aliphatic rings. The number of thioether (sulfide) groups is 1. The second-order valence-corrected chi connectivity index (χ2v) is 4.97. The first-order valence-electron chi connectivity index (χ1n) is 4.66. The number of nitrogens with two attached hydrogens (primary N) is 2. The van der Waals surface area contributed by atoms with Crippen LogP contribution in [-0.2, 0) is 5.75 Å². The third kappa shape index (κ3) is 4.66. The molecule has 0 atom stereocenters. The van der Waals surface area contributed by atoms with Crippen LogP contribution in [0.3, 0.4) is 0 Å². The zero-order chi connectivity index (χ0) is 12.8. The highest BCUT2D eigenvalue weighted by Crippen LogP contribution is 2.27. The quantitative estimate of drug-likeness (QED) is 0.586. The van der Waals surface area contributed by atoms with Gasteiger partial charge in [0.05, 0.1) is 7.11 Å². The summed E-state index contributed by atoms with van der Waals surface area (Å²) in [6.07, 6.45) is 0. The Balaban J connectivity index is 2.71. The molecule has 0 aliphatic heterocycles. The topological polar surface area (TPSA) is 97.5 Å². The third-order valence-electron chi connectivity index (χ3n) is 1.84. The van der Waals surface area contributed by atoms with Gasteiger partial charge in [-0.15, -0.1) is 0 Å². The molecule has 0 heterocycles. The number of rotatable bonds is 3. The zero-order valence-corrected chi connectivity index (χ0v) is 11.6. The van der Waals surface area contributed by atoms with Gasteiger partial charge in [-0.05, 0) is 18.2 Å². The minimum absolute atomic E-state index is 0.0760. The molecule has 0 fully saturated rings. The van der Waals surface area contributed by atoms with E-state index in [0.717, 1.165) is 15.8 Å². The molecule has 0 saturated heterocycles. The van der Waals surface area contributed by atoms with Gasteiger partial charge in [-0.25, -0.2) is 0 Å². The summed E-state index contributed by atoms with van der Waals surface area (Å²) in [5.74, 6) is 1.24. The highest BCUT2D eigenvalue weighted by Gasteiger charge is 2.05. The number of nitrogens with one attached hydrogen (secondary N) is 1. The number of ether oxygens (including phenoxy) is 1. The molecule has 0 saturated carbocycles. The average molecular weight is 317 g/mol. The molecule has 0 amide bonds. The Labute approximate surface area is 112 Å². The minimum atomic E-state index is -0.108. The number of amidine groups is 1. The molecule has 1 aromatic rings. The van der Waals surface area contributed by atoms with Crippen molar-refractivity contribution in [2.24, 2.45) is 16.5 Å². The highest BCUT2D eigenvalue weighted by molar-refractivity contribution is 9.10. The highest BCUT2D eigenvalue weighted by atomic mass is 79.9. The first-order chi connectivity index (χ1) is 8.02. The molecule has 0 radical (unpaired) electrons. The van der Waals surface area contributed by atoms with Crippen LogP contribution in [0.1, 0.15) is 5.56 Å². The summed E-state index contributed by atoms with van der Waals surface area (Å²) < 4.78 is 6.18. The number of guanidine groups is 1. The SMILES string of the molecule is COc1ccc(Br)cc1CSC(=N)N=C(N)N.